The number of aliphatic imine (C=N–C) groups is 1. The molecule has 0 saturated carbocycles. The van der Waals surface area contributed by atoms with Crippen molar-refractivity contribution >= 4 is 23.0 Å². The highest BCUT2D eigenvalue weighted by molar-refractivity contribution is 8.13. The highest BCUT2D eigenvalue weighted by Crippen LogP contribution is 2.28. The summed E-state index contributed by atoms with van der Waals surface area (Å²) in [7, 11) is 0. The van der Waals surface area contributed by atoms with Gasteiger partial charge < -0.3 is 5.11 Å². The Morgan fingerprint density at radius 2 is 2.18 bits per heavy atom. The molecule has 1 aliphatic heterocycles. The Bertz CT molecular complexity index is 461. The quantitative estimate of drug-likeness (QED) is 0.838. The lowest BCUT2D eigenvalue weighted by Crippen LogP contribution is -2.31. The number of hydrogen-bond donors (Lipinski definition) is 1. The highest BCUT2D eigenvalue weighted by atomic mass is 32.2. The summed E-state index contributed by atoms with van der Waals surface area (Å²) in [4.78, 5) is 16.5. The summed E-state index contributed by atoms with van der Waals surface area (Å²) in [5.41, 5.74) is 0.821. The van der Waals surface area contributed by atoms with Crippen LogP contribution >= 0.6 is 11.8 Å². The lowest BCUT2D eigenvalue weighted by molar-refractivity contribution is 0.171. The number of nitrogens with zero attached hydrogens (tertiary/aromatic N) is 2. The fourth-order valence-electron chi connectivity index (χ4n) is 1.68. The standard InChI is InChI=1S/C11H11FN2O2S/c1-17-10-13-9(6-14(10)11(15)16)7-2-4-8(12)5-3-7/h2-5,9H,6H2,1H3,(H,15,16). The summed E-state index contributed by atoms with van der Waals surface area (Å²) in [6.45, 7) is 0.289. The van der Waals surface area contributed by atoms with Gasteiger partial charge in [-0.1, -0.05) is 23.9 Å². The summed E-state index contributed by atoms with van der Waals surface area (Å²) >= 11 is 1.29. The molecular weight excluding hydrogens is 243 g/mol. The van der Waals surface area contributed by atoms with Gasteiger partial charge in [-0.15, -0.1) is 0 Å². The van der Waals surface area contributed by atoms with Gasteiger partial charge in [0.1, 0.15) is 5.82 Å². The first-order valence-corrected chi connectivity index (χ1v) is 6.22. The van der Waals surface area contributed by atoms with Crippen molar-refractivity contribution in [3.63, 3.8) is 0 Å². The third-order valence-electron chi connectivity index (χ3n) is 2.52. The first-order chi connectivity index (χ1) is 8.11. The van der Waals surface area contributed by atoms with Crippen LogP contribution in [0.25, 0.3) is 0 Å². The molecule has 2 rings (SSSR count). The third-order valence-corrected chi connectivity index (χ3v) is 3.21. The van der Waals surface area contributed by atoms with E-state index in [0.29, 0.717) is 5.17 Å². The monoisotopic (exact) mass is 254 g/mol. The zero-order valence-electron chi connectivity index (χ0n) is 9.13. The number of carbonyl (C=O) groups is 1. The van der Waals surface area contributed by atoms with Crippen LogP contribution in [0.2, 0.25) is 0 Å². The summed E-state index contributed by atoms with van der Waals surface area (Å²) in [5.74, 6) is -0.309. The normalized spacial score (nSPS) is 19.3. The van der Waals surface area contributed by atoms with E-state index in [1.54, 1.807) is 18.4 Å². The van der Waals surface area contributed by atoms with Crippen LogP contribution in [0.4, 0.5) is 9.18 Å². The molecule has 4 nitrogen and oxygen atoms in total. The SMILES string of the molecule is CSC1=NC(c2ccc(F)cc2)CN1C(=O)O. The molecule has 0 fully saturated rings. The number of hydrogen-bond acceptors (Lipinski definition) is 3. The maximum Gasteiger partial charge on any atom is 0.413 e. The Balaban J connectivity index is 2.23. The molecule has 0 radical (unpaired) electrons. The Kier molecular flexibility index (Phi) is 3.33. The first-order valence-electron chi connectivity index (χ1n) is 4.99. The fraction of sp³-hybridized carbons (Fsp3) is 0.273. The number of amidine groups is 1. The molecule has 1 aliphatic rings. The van der Waals surface area contributed by atoms with Gasteiger partial charge in [0.05, 0.1) is 12.6 Å². The van der Waals surface area contributed by atoms with E-state index in [0.717, 1.165) is 5.56 Å². The third kappa shape index (κ3) is 2.41. The molecule has 0 spiro atoms. The predicted octanol–water partition coefficient (Wildman–Crippen LogP) is 2.58. The zero-order valence-corrected chi connectivity index (χ0v) is 9.95. The Morgan fingerprint density at radius 3 is 2.65 bits per heavy atom. The van der Waals surface area contributed by atoms with Crippen LogP contribution < -0.4 is 0 Å². The van der Waals surface area contributed by atoms with E-state index in [9.17, 15) is 9.18 Å². The molecule has 0 aromatic heterocycles. The lowest BCUT2D eigenvalue weighted by Gasteiger charge is -2.13. The zero-order chi connectivity index (χ0) is 12.4. The molecule has 0 saturated heterocycles. The van der Waals surface area contributed by atoms with Crippen molar-refractivity contribution in [3.8, 4) is 0 Å². The van der Waals surface area contributed by atoms with Gasteiger partial charge in [0.15, 0.2) is 5.17 Å². The predicted molar refractivity (Wildman–Crippen MR) is 64.8 cm³/mol. The average molecular weight is 254 g/mol. The lowest BCUT2D eigenvalue weighted by atomic mass is 10.1. The second kappa shape index (κ2) is 4.75. The number of amides is 1. The van der Waals surface area contributed by atoms with Crippen LogP contribution in [-0.4, -0.2) is 34.1 Å². The van der Waals surface area contributed by atoms with Crippen molar-refractivity contribution < 1.29 is 14.3 Å². The molecule has 17 heavy (non-hydrogen) atoms. The number of halogens is 1. The topological polar surface area (TPSA) is 52.9 Å². The van der Waals surface area contributed by atoms with Gasteiger partial charge in [-0.2, -0.15) is 0 Å². The molecule has 1 N–H and O–H groups in total. The van der Waals surface area contributed by atoms with Gasteiger partial charge in [0.2, 0.25) is 0 Å². The largest absolute Gasteiger partial charge is 0.465 e. The first kappa shape index (κ1) is 11.9. The van der Waals surface area contributed by atoms with E-state index < -0.39 is 6.09 Å². The fourth-order valence-corrected chi connectivity index (χ4v) is 2.29. The van der Waals surface area contributed by atoms with E-state index in [-0.39, 0.29) is 18.4 Å². The van der Waals surface area contributed by atoms with E-state index in [4.69, 9.17) is 5.11 Å². The minimum absolute atomic E-state index is 0.242. The summed E-state index contributed by atoms with van der Waals surface area (Å²) in [6.07, 6.45) is 0.768. The van der Waals surface area contributed by atoms with Gasteiger partial charge in [-0.3, -0.25) is 9.89 Å². The van der Waals surface area contributed by atoms with E-state index >= 15 is 0 Å². The van der Waals surface area contributed by atoms with Gasteiger partial charge in [-0.05, 0) is 24.0 Å². The van der Waals surface area contributed by atoms with E-state index in [1.165, 1.54) is 28.8 Å². The van der Waals surface area contributed by atoms with E-state index in [2.05, 4.69) is 4.99 Å². The van der Waals surface area contributed by atoms with Gasteiger partial charge in [-0.25, -0.2) is 9.18 Å². The number of thioether (sulfide) groups is 1. The number of benzene rings is 1. The molecule has 1 unspecified atom stereocenters. The minimum Gasteiger partial charge on any atom is -0.465 e. The summed E-state index contributed by atoms with van der Waals surface area (Å²) in [6, 6.07) is 5.73. The van der Waals surface area contributed by atoms with Crippen molar-refractivity contribution in [3.05, 3.63) is 35.6 Å². The minimum atomic E-state index is -1.01. The number of rotatable bonds is 1. The number of carboxylic acid groups (broad SMARTS) is 1. The molecule has 1 amide bonds. The summed E-state index contributed by atoms with van der Waals surface area (Å²) in [5, 5.41) is 9.47. The second-order valence-electron chi connectivity index (χ2n) is 3.58. The molecule has 6 heteroatoms. The molecule has 1 heterocycles. The second-order valence-corrected chi connectivity index (χ2v) is 4.35. The molecule has 1 aromatic rings. The molecule has 0 aliphatic carbocycles. The molecule has 90 valence electrons. The maximum atomic E-state index is 12.8. The van der Waals surface area contributed by atoms with Gasteiger partial charge in [0.25, 0.3) is 0 Å². The molecule has 1 aromatic carbocycles. The van der Waals surface area contributed by atoms with Crippen molar-refractivity contribution in [2.75, 3.05) is 12.8 Å². The maximum absolute atomic E-state index is 12.8. The Morgan fingerprint density at radius 1 is 1.53 bits per heavy atom. The van der Waals surface area contributed by atoms with Crippen LogP contribution in [0.1, 0.15) is 11.6 Å². The van der Waals surface area contributed by atoms with Crippen LogP contribution in [0.5, 0.6) is 0 Å². The van der Waals surface area contributed by atoms with Crippen LogP contribution in [0.15, 0.2) is 29.3 Å². The highest BCUT2D eigenvalue weighted by Gasteiger charge is 2.30. The molecule has 1 atom stereocenters. The van der Waals surface area contributed by atoms with Crippen molar-refractivity contribution in [2.45, 2.75) is 6.04 Å². The average Bonchev–Trinajstić information content (AvgIpc) is 2.74. The van der Waals surface area contributed by atoms with Gasteiger partial charge >= 0.3 is 6.09 Å². The van der Waals surface area contributed by atoms with Crippen LogP contribution in [0.3, 0.4) is 0 Å². The molecular formula is C11H11FN2O2S. The Hall–Kier alpha value is -1.56. The van der Waals surface area contributed by atoms with Crippen molar-refractivity contribution in [1.29, 1.82) is 0 Å². The van der Waals surface area contributed by atoms with Crippen LogP contribution in [0, 0.1) is 5.82 Å². The van der Waals surface area contributed by atoms with Gasteiger partial charge in [0, 0.05) is 0 Å². The Labute approximate surface area is 102 Å². The summed E-state index contributed by atoms with van der Waals surface area (Å²) < 4.78 is 12.8. The van der Waals surface area contributed by atoms with Crippen LogP contribution in [-0.2, 0) is 0 Å². The molecule has 0 bridgehead atoms. The van der Waals surface area contributed by atoms with Crippen molar-refractivity contribution in [1.82, 2.24) is 4.90 Å². The van der Waals surface area contributed by atoms with Crippen molar-refractivity contribution in [2.24, 2.45) is 4.99 Å². The van der Waals surface area contributed by atoms with E-state index in [1.807, 2.05) is 0 Å². The smallest absolute Gasteiger partial charge is 0.413 e.